The second-order valence-corrected chi connectivity index (χ2v) is 6.44. The molecular formula is C15H14ClN9O4. The number of nitrogens with zero attached hydrogens (tertiary/aromatic N) is 7. The Balaban J connectivity index is 1.82. The standard InChI is InChI=1S/C15H14ClN9O4/c1-7(2)12-11(19-23-24(12)14-13(17)21-29-22-14)15(26)20-18-6-8-3-4-9(16)10(5-8)25(27)28/h3-7H,1-2H3,(H2,17,21)(H,20,26)/b18-6-. The molecule has 2 heterocycles. The van der Waals surface area contributed by atoms with E-state index < -0.39 is 10.8 Å². The Bertz CT molecular complexity index is 1110. The predicted octanol–water partition coefficient (Wildman–Crippen LogP) is 1.68. The van der Waals surface area contributed by atoms with Crippen LogP contribution in [0.2, 0.25) is 5.02 Å². The van der Waals surface area contributed by atoms with Gasteiger partial charge in [0.2, 0.25) is 11.6 Å². The fourth-order valence-electron chi connectivity index (χ4n) is 2.43. The van der Waals surface area contributed by atoms with Crippen molar-refractivity contribution in [2.75, 3.05) is 5.73 Å². The zero-order chi connectivity index (χ0) is 21.1. The Labute approximate surface area is 167 Å². The van der Waals surface area contributed by atoms with Crippen LogP contribution in [0.5, 0.6) is 0 Å². The van der Waals surface area contributed by atoms with E-state index in [9.17, 15) is 14.9 Å². The molecule has 0 atom stereocenters. The third-order valence-corrected chi connectivity index (χ3v) is 4.03. The molecule has 1 aromatic carbocycles. The van der Waals surface area contributed by atoms with Crippen LogP contribution in [-0.4, -0.2) is 42.4 Å². The van der Waals surface area contributed by atoms with Gasteiger partial charge in [0, 0.05) is 11.6 Å². The van der Waals surface area contributed by atoms with Crippen LogP contribution in [0.1, 0.15) is 41.5 Å². The van der Waals surface area contributed by atoms with Crippen LogP contribution in [0, 0.1) is 10.1 Å². The topological polar surface area (TPSA) is 180 Å². The van der Waals surface area contributed by atoms with Gasteiger partial charge in [0.15, 0.2) is 5.69 Å². The average molecular weight is 420 g/mol. The Kier molecular flexibility index (Phi) is 5.50. The van der Waals surface area contributed by atoms with Crippen molar-refractivity contribution in [2.24, 2.45) is 5.10 Å². The van der Waals surface area contributed by atoms with Crippen molar-refractivity contribution >= 4 is 35.2 Å². The van der Waals surface area contributed by atoms with E-state index in [0.717, 1.165) is 0 Å². The first-order valence-corrected chi connectivity index (χ1v) is 8.48. The molecule has 0 unspecified atom stereocenters. The van der Waals surface area contributed by atoms with E-state index in [1.54, 1.807) is 0 Å². The minimum Gasteiger partial charge on any atom is -0.378 e. The number of carbonyl (C=O) groups excluding carboxylic acids is 1. The fraction of sp³-hybridized carbons (Fsp3) is 0.200. The third-order valence-electron chi connectivity index (χ3n) is 3.71. The van der Waals surface area contributed by atoms with Crippen LogP contribution in [0.3, 0.4) is 0 Å². The summed E-state index contributed by atoms with van der Waals surface area (Å²) < 4.78 is 5.82. The number of benzene rings is 1. The molecule has 0 saturated heterocycles. The monoisotopic (exact) mass is 419 g/mol. The normalized spacial score (nSPS) is 11.3. The molecule has 1 amide bonds. The Hall–Kier alpha value is -3.87. The minimum absolute atomic E-state index is 0.00152. The van der Waals surface area contributed by atoms with Crippen molar-refractivity contribution in [3.63, 3.8) is 0 Å². The number of nitro groups is 1. The molecule has 0 saturated carbocycles. The highest BCUT2D eigenvalue weighted by Gasteiger charge is 2.25. The molecule has 0 aliphatic rings. The number of anilines is 1. The molecule has 14 heteroatoms. The van der Waals surface area contributed by atoms with Crippen LogP contribution >= 0.6 is 11.6 Å². The summed E-state index contributed by atoms with van der Waals surface area (Å²) in [5.41, 5.74) is 8.50. The third kappa shape index (κ3) is 4.03. The second kappa shape index (κ2) is 8.02. The number of amides is 1. The van der Waals surface area contributed by atoms with Crippen molar-refractivity contribution < 1.29 is 14.3 Å². The van der Waals surface area contributed by atoms with Crippen molar-refractivity contribution in [3.05, 3.63) is 50.3 Å². The Morgan fingerprint density at radius 3 is 2.83 bits per heavy atom. The van der Waals surface area contributed by atoms with Crippen molar-refractivity contribution in [3.8, 4) is 5.82 Å². The molecule has 0 radical (unpaired) electrons. The van der Waals surface area contributed by atoms with Gasteiger partial charge in [-0.25, -0.2) is 10.1 Å². The number of nitro benzene ring substituents is 1. The lowest BCUT2D eigenvalue weighted by Gasteiger charge is -2.08. The quantitative estimate of drug-likeness (QED) is 0.341. The molecule has 0 fully saturated rings. The van der Waals surface area contributed by atoms with Gasteiger partial charge in [-0.1, -0.05) is 36.7 Å². The number of hydrazone groups is 1. The molecule has 3 aromatic rings. The zero-order valence-electron chi connectivity index (χ0n) is 15.1. The fourth-order valence-corrected chi connectivity index (χ4v) is 2.62. The lowest BCUT2D eigenvalue weighted by atomic mass is 10.1. The summed E-state index contributed by atoms with van der Waals surface area (Å²) in [5, 5.41) is 29.6. The van der Waals surface area contributed by atoms with Gasteiger partial charge in [0.1, 0.15) is 5.02 Å². The van der Waals surface area contributed by atoms with Gasteiger partial charge >= 0.3 is 0 Å². The van der Waals surface area contributed by atoms with Crippen LogP contribution in [0.15, 0.2) is 27.9 Å². The second-order valence-electron chi connectivity index (χ2n) is 6.03. The summed E-state index contributed by atoms with van der Waals surface area (Å²) in [7, 11) is 0. The summed E-state index contributed by atoms with van der Waals surface area (Å²) in [5.74, 6) is -0.720. The first-order chi connectivity index (χ1) is 13.8. The predicted molar refractivity (Wildman–Crippen MR) is 101 cm³/mol. The Morgan fingerprint density at radius 1 is 1.45 bits per heavy atom. The summed E-state index contributed by atoms with van der Waals surface area (Å²) in [6.07, 6.45) is 1.24. The van der Waals surface area contributed by atoms with Gasteiger partial charge < -0.3 is 5.73 Å². The van der Waals surface area contributed by atoms with E-state index in [0.29, 0.717) is 11.3 Å². The maximum Gasteiger partial charge on any atom is 0.293 e. The summed E-state index contributed by atoms with van der Waals surface area (Å²) in [4.78, 5) is 22.8. The number of nitrogen functional groups attached to an aromatic ring is 1. The smallest absolute Gasteiger partial charge is 0.293 e. The summed E-state index contributed by atoms with van der Waals surface area (Å²) in [6, 6.07) is 4.11. The minimum atomic E-state index is -0.644. The molecule has 0 aliphatic heterocycles. The molecular weight excluding hydrogens is 406 g/mol. The number of nitrogens with two attached hydrogens (primary N) is 1. The molecule has 0 spiro atoms. The molecule has 3 N–H and O–H groups in total. The molecule has 3 rings (SSSR count). The van der Waals surface area contributed by atoms with E-state index in [1.807, 2.05) is 13.8 Å². The van der Waals surface area contributed by atoms with Crippen molar-refractivity contribution in [1.29, 1.82) is 0 Å². The lowest BCUT2D eigenvalue weighted by molar-refractivity contribution is -0.384. The van der Waals surface area contributed by atoms with E-state index in [4.69, 9.17) is 17.3 Å². The number of hydrogen-bond donors (Lipinski definition) is 2. The summed E-state index contributed by atoms with van der Waals surface area (Å²) >= 11 is 5.76. The average Bonchev–Trinajstić information content (AvgIpc) is 3.28. The van der Waals surface area contributed by atoms with E-state index in [-0.39, 0.29) is 34.0 Å². The summed E-state index contributed by atoms with van der Waals surface area (Å²) in [6.45, 7) is 3.65. The number of rotatable bonds is 6. The highest BCUT2D eigenvalue weighted by atomic mass is 35.5. The number of nitrogens with one attached hydrogen (secondary N) is 1. The van der Waals surface area contributed by atoms with Gasteiger partial charge in [-0.3, -0.25) is 14.9 Å². The van der Waals surface area contributed by atoms with E-state index in [2.05, 4.69) is 35.8 Å². The van der Waals surface area contributed by atoms with Gasteiger partial charge in [-0.15, -0.1) is 5.10 Å². The van der Waals surface area contributed by atoms with Gasteiger partial charge in [0.25, 0.3) is 11.6 Å². The van der Waals surface area contributed by atoms with Crippen LogP contribution in [0.4, 0.5) is 11.5 Å². The lowest BCUT2D eigenvalue weighted by Crippen LogP contribution is -2.21. The molecule has 2 aromatic heterocycles. The number of hydrogen-bond acceptors (Lipinski definition) is 10. The van der Waals surface area contributed by atoms with Gasteiger partial charge in [-0.2, -0.15) is 9.78 Å². The number of halogens is 1. The van der Waals surface area contributed by atoms with Crippen LogP contribution in [-0.2, 0) is 0 Å². The zero-order valence-corrected chi connectivity index (χ0v) is 15.9. The van der Waals surface area contributed by atoms with E-state index >= 15 is 0 Å². The van der Waals surface area contributed by atoms with E-state index in [1.165, 1.54) is 29.1 Å². The SMILES string of the molecule is CC(C)c1c(C(=O)N/N=C\c2ccc(Cl)c([N+](=O)[O-])c2)nnn1-c1nonc1N. The highest BCUT2D eigenvalue weighted by Crippen LogP contribution is 2.24. The molecule has 0 aliphatic carbocycles. The molecule has 13 nitrogen and oxygen atoms in total. The van der Waals surface area contributed by atoms with Crippen molar-refractivity contribution in [1.82, 2.24) is 30.7 Å². The molecule has 0 bridgehead atoms. The first-order valence-electron chi connectivity index (χ1n) is 8.11. The van der Waals surface area contributed by atoms with Gasteiger partial charge in [-0.05, 0) is 22.3 Å². The number of aromatic nitrogens is 5. The van der Waals surface area contributed by atoms with Crippen molar-refractivity contribution in [2.45, 2.75) is 19.8 Å². The highest BCUT2D eigenvalue weighted by molar-refractivity contribution is 6.32. The van der Waals surface area contributed by atoms with Crippen LogP contribution in [0.25, 0.3) is 5.82 Å². The first kappa shape index (κ1) is 19.9. The Morgan fingerprint density at radius 2 is 2.21 bits per heavy atom. The largest absolute Gasteiger partial charge is 0.378 e. The maximum atomic E-state index is 12.5. The maximum absolute atomic E-state index is 12.5. The molecule has 29 heavy (non-hydrogen) atoms. The van der Waals surface area contributed by atoms with Crippen LogP contribution < -0.4 is 11.2 Å². The van der Waals surface area contributed by atoms with Gasteiger partial charge in [0.05, 0.1) is 16.8 Å². The molecule has 150 valence electrons. The number of carbonyl (C=O) groups is 1.